The van der Waals surface area contributed by atoms with Crippen molar-refractivity contribution in [1.82, 2.24) is 15.5 Å². The third-order valence-electron chi connectivity index (χ3n) is 4.96. The normalized spacial score (nSPS) is 19.7. The summed E-state index contributed by atoms with van der Waals surface area (Å²) in [5.41, 5.74) is 1.97. The highest BCUT2D eigenvalue weighted by molar-refractivity contribution is 5.94. The van der Waals surface area contributed by atoms with Gasteiger partial charge < -0.3 is 15.5 Å². The van der Waals surface area contributed by atoms with Gasteiger partial charge in [-0.15, -0.1) is 0 Å². The van der Waals surface area contributed by atoms with Gasteiger partial charge in [0.1, 0.15) is 0 Å². The number of anilines is 1. The van der Waals surface area contributed by atoms with Crippen LogP contribution in [0.25, 0.3) is 0 Å². The number of amides is 1. The maximum Gasteiger partial charge on any atom is 0.251 e. The van der Waals surface area contributed by atoms with Crippen molar-refractivity contribution in [2.45, 2.75) is 19.9 Å². The Balaban J connectivity index is 1.51. The second kappa shape index (κ2) is 7.32. The van der Waals surface area contributed by atoms with Gasteiger partial charge in [-0.2, -0.15) is 0 Å². The zero-order valence-electron chi connectivity index (χ0n) is 14.2. The molecular weight excluding hydrogens is 288 g/mol. The van der Waals surface area contributed by atoms with Gasteiger partial charge in [-0.25, -0.2) is 0 Å². The highest BCUT2D eigenvalue weighted by Gasteiger charge is 2.20. The van der Waals surface area contributed by atoms with Crippen molar-refractivity contribution in [2.75, 3.05) is 50.7 Å². The Morgan fingerprint density at radius 1 is 1.17 bits per heavy atom. The van der Waals surface area contributed by atoms with Gasteiger partial charge in [-0.1, -0.05) is 0 Å². The molecule has 5 nitrogen and oxygen atoms in total. The first kappa shape index (κ1) is 16.3. The third kappa shape index (κ3) is 4.03. The number of nitrogens with one attached hydrogen (secondary N) is 2. The predicted octanol–water partition coefficient (Wildman–Crippen LogP) is 1.17. The number of piperazine rings is 1. The minimum absolute atomic E-state index is 0.0353. The molecule has 0 unspecified atom stereocenters. The Kier molecular flexibility index (Phi) is 5.18. The molecule has 0 bridgehead atoms. The standard InChI is InChI=1S/C18H28N4O/c1-14(2)21-7-9-22(10-8-21)17-5-3-16(4-6-17)18(23)20-13-15-11-19-12-15/h3-6,14-15,19H,7-13H2,1-2H3,(H,20,23). The Bertz CT molecular complexity index is 516. The highest BCUT2D eigenvalue weighted by Crippen LogP contribution is 2.18. The molecule has 2 saturated heterocycles. The zero-order chi connectivity index (χ0) is 16.2. The molecule has 3 rings (SSSR count). The summed E-state index contributed by atoms with van der Waals surface area (Å²) in [6, 6.07) is 8.65. The molecule has 2 heterocycles. The van der Waals surface area contributed by atoms with Crippen LogP contribution in [0, 0.1) is 5.92 Å². The van der Waals surface area contributed by atoms with Gasteiger partial charge in [0.2, 0.25) is 0 Å². The van der Waals surface area contributed by atoms with E-state index in [1.807, 2.05) is 12.1 Å². The van der Waals surface area contributed by atoms with E-state index < -0.39 is 0 Å². The quantitative estimate of drug-likeness (QED) is 0.856. The summed E-state index contributed by atoms with van der Waals surface area (Å²) in [7, 11) is 0. The summed E-state index contributed by atoms with van der Waals surface area (Å²) in [6.45, 7) is 11.6. The Hall–Kier alpha value is -1.59. The number of hydrogen-bond acceptors (Lipinski definition) is 4. The number of benzene rings is 1. The van der Waals surface area contributed by atoms with Crippen LogP contribution >= 0.6 is 0 Å². The lowest BCUT2D eigenvalue weighted by Gasteiger charge is -2.38. The molecule has 2 aliphatic rings. The van der Waals surface area contributed by atoms with E-state index in [0.29, 0.717) is 12.0 Å². The molecule has 2 fully saturated rings. The lowest BCUT2D eigenvalue weighted by molar-refractivity contribution is 0.0942. The molecule has 5 heteroatoms. The smallest absolute Gasteiger partial charge is 0.251 e. The van der Waals surface area contributed by atoms with E-state index in [0.717, 1.165) is 51.4 Å². The van der Waals surface area contributed by atoms with Crippen LogP contribution < -0.4 is 15.5 Å². The van der Waals surface area contributed by atoms with E-state index in [1.165, 1.54) is 5.69 Å². The monoisotopic (exact) mass is 316 g/mol. The van der Waals surface area contributed by atoms with Crippen molar-refractivity contribution < 1.29 is 4.79 Å². The maximum absolute atomic E-state index is 12.1. The predicted molar refractivity (Wildman–Crippen MR) is 94.1 cm³/mol. The van der Waals surface area contributed by atoms with Gasteiger partial charge in [0.15, 0.2) is 0 Å². The Labute approximate surface area is 139 Å². The van der Waals surface area contributed by atoms with Crippen molar-refractivity contribution in [3.8, 4) is 0 Å². The fourth-order valence-corrected chi connectivity index (χ4v) is 3.15. The van der Waals surface area contributed by atoms with Crippen molar-refractivity contribution in [1.29, 1.82) is 0 Å². The molecular formula is C18H28N4O. The van der Waals surface area contributed by atoms with Crippen LogP contribution in [0.1, 0.15) is 24.2 Å². The highest BCUT2D eigenvalue weighted by atomic mass is 16.1. The lowest BCUT2D eigenvalue weighted by Crippen LogP contribution is -2.49. The van der Waals surface area contributed by atoms with Crippen molar-refractivity contribution >= 4 is 11.6 Å². The van der Waals surface area contributed by atoms with Crippen LogP contribution in [0.2, 0.25) is 0 Å². The summed E-state index contributed by atoms with van der Waals surface area (Å²) >= 11 is 0. The minimum atomic E-state index is 0.0353. The average Bonchev–Trinajstić information content (AvgIpc) is 2.53. The van der Waals surface area contributed by atoms with Gasteiger partial charge in [0.25, 0.3) is 5.91 Å². The molecule has 1 aromatic rings. The number of nitrogens with zero attached hydrogens (tertiary/aromatic N) is 2. The molecule has 0 saturated carbocycles. The van der Waals surface area contributed by atoms with E-state index >= 15 is 0 Å². The second-order valence-electron chi connectivity index (χ2n) is 6.90. The number of carbonyl (C=O) groups is 1. The number of hydrogen-bond donors (Lipinski definition) is 2. The maximum atomic E-state index is 12.1. The molecule has 23 heavy (non-hydrogen) atoms. The zero-order valence-corrected chi connectivity index (χ0v) is 14.2. The molecule has 1 aromatic carbocycles. The number of carbonyl (C=O) groups excluding carboxylic acids is 1. The summed E-state index contributed by atoms with van der Waals surface area (Å²) < 4.78 is 0. The van der Waals surface area contributed by atoms with E-state index in [-0.39, 0.29) is 5.91 Å². The first-order valence-electron chi connectivity index (χ1n) is 8.71. The van der Waals surface area contributed by atoms with Crippen LogP contribution in [0.4, 0.5) is 5.69 Å². The second-order valence-corrected chi connectivity index (χ2v) is 6.90. The van der Waals surface area contributed by atoms with Crippen LogP contribution in [0.3, 0.4) is 0 Å². The van der Waals surface area contributed by atoms with Crippen LogP contribution in [-0.4, -0.2) is 62.7 Å². The van der Waals surface area contributed by atoms with Gasteiger partial charge >= 0.3 is 0 Å². The summed E-state index contributed by atoms with van der Waals surface area (Å²) in [5.74, 6) is 0.628. The largest absolute Gasteiger partial charge is 0.369 e. The first-order chi connectivity index (χ1) is 11.1. The van der Waals surface area contributed by atoms with Crippen LogP contribution in [0.15, 0.2) is 24.3 Å². The van der Waals surface area contributed by atoms with Crippen molar-refractivity contribution in [3.63, 3.8) is 0 Å². The molecule has 0 spiro atoms. The molecule has 2 N–H and O–H groups in total. The van der Waals surface area contributed by atoms with Gasteiger partial charge in [-0.3, -0.25) is 9.69 Å². The number of rotatable bonds is 5. The molecule has 2 aliphatic heterocycles. The SMILES string of the molecule is CC(C)N1CCN(c2ccc(C(=O)NCC3CNC3)cc2)CC1. The van der Waals surface area contributed by atoms with Crippen molar-refractivity contribution in [3.05, 3.63) is 29.8 Å². The van der Waals surface area contributed by atoms with Crippen molar-refractivity contribution in [2.24, 2.45) is 5.92 Å². The Morgan fingerprint density at radius 2 is 1.83 bits per heavy atom. The molecule has 0 atom stereocenters. The topological polar surface area (TPSA) is 47.6 Å². The van der Waals surface area contributed by atoms with Gasteiger partial charge in [0, 0.05) is 69.0 Å². The van der Waals surface area contributed by atoms with Crippen LogP contribution in [0.5, 0.6) is 0 Å². The summed E-state index contributed by atoms with van der Waals surface area (Å²) in [4.78, 5) is 17.1. The fraction of sp³-hybridized carbons (Fsp3) is 0.611. The summed E-state index contributed by atoms with van der Waals surface area (Å²) in [6.07, 6.45) is 0. The summed E-state index contributed by atoms with van der Waals surface area (Å²) in [5, 5.41) is 6.24. The van der Waals surface area contributed by atoms with E-state index in [9.17, 15) is 4.79 Å². The Morgan fingerprint density at radius 3 is 2.35 bits per heavy atom. The molecule has 1 amide bonds. The lowest BCUT2D eigenvalue weighted by atomic mass is 10.0. The van der Waals surface area contributed by atoms with E-state index in [1.54, 1.807) is 0 Å². The van der Waals surface area contributed by atoms with Gasteiger partial charge in [-0.05, 0) is 38.1 Å². The fourth-order valence-electron chi connectivity index (χ4n) is 3.15. The molecule has 126 valence electrons. The van der Waals surface area contributed by atoms with E-state index in [2.05, 4.69) is 46.4 Å². The molecule has 0 radical (unpaired) electrons. The first-order valence-corrected chi connectivity index (χ1v) is 8.71. The van der Waals surface area contributed by atoms with Gasteiger partial charge in [0.05, 0.1) is 0 Å². The van der Waals surface area contributed by atoms with Crippen LogP contribution in [-0.2, 0) is 0 Å². The van der Waals surface area contributed by atoms with E-state index in [4.69, 9.17) is 0 Å². The minimum Gasteiger partial charge on any atom is -0.369 e. The molecule has 0 aromatic heterocycles. The third-order valence-corrected chi connectivity index (χ3v) is 4.96. The average molecular weight is 316 g/mol. The molecule has 0 aliphatic carbocycles.